The highest BCUT2D eigenvalue weighted by molar-refractivity contribution is 7.92. The Kier molecular flexibility index (Phi) is 7.49. The summed E-state index contributed by atoms with van der Waals surface area (Å²) in [7, 11) is -4.04. The highest BCUT2D eigenvalue weighted by Gasteiger charge is 2.28. The van der Waals surface area contributed by atoms with E-state index >= 15 is 0 Å². The maximum absolute atomic E-state index is 13.4. The number of hydrogen-bond acceptors (Lipinski definition) is 3. The normalized spacial score (nSPS) is 11.4. The fraction of sp³-hybridized carbons (Fsp3) is 0.208. The number of sulfonamides is 1. The molecule has 0 saturated heterocycles. The third kappa shape index (κ3) is 5.26. The van der Waals surface area contributed by atoms with Crippen LogP contribution in [0.15, 0.2) is 71.6 Å². The van der Waals surface area contributed by atoms with Gasteiger partial charge in [-0.2, -0.15) is 0 Å². The van der Waals surface area contributed by atoms with Crippen LogP contribution in [-0.4, -0.2) is 20.9 Å². The second kappa shape index (κ2) is 9.94. The van der Waals surface area contributed by atoms with Gasteiger partial charge in [0, 0.05) is 5.69 Å². The Bertz CT molecular complexity index is 1230. The van der Waals surface area contributed by atoms with Gasteiger partial charge in [-0.1, -0.05) is 73.4 Å². The van der Waals surface area contributed by atoms with Gasteiger partial charge in [0.05, 0.1) is 20.6 Å². The van der Waals surface area contributed by atoms with E-state index in [1.165, 1.54) is 30.3 Å². The maximum atomic E-state index is 13.4. The summed E-state index contributed by atoms with van der Waals surface area (Å²) < 4.78 is 27.9. The largest absolute Gasteiger partial charge is 0.324 e. The number of carbonyl (C=O) groups is 1. The molecule has 0 atom stereocenters. The Morgan fingerprint density at radius 2 is 1.66 bits per heavy atom. The molecule has 3 rings (SSSR count). The van der Waals surface area contributed by atoms with Crippen LogP contribution in [0.4, 0.5) is 11.4 Å². The number of anilines is 2. The summed E-state index contributed by atoms with van der Waals surface area (Å²) in [4.78, 5) is 13.1. The smallest absolute Gasteiger partial charge is 0.264 e. The zero-order chi connectivity index (χ0) is 23.5. The second-order valence-corrected chi connectivity index (χ2v) is 10.3. The van der Waals surface area contributed by atoms with E-state index in [2.05, 4.69) is 5.32 Å². The van der Waals surface area contributed by atoms with Crippen molar-refractivity contribution in [1.82, 2.24) is 0 Å². The third-order valence-electron chi connectivity index (χ3n) is 5.00. The number of carbonyl (C=O) groups excluding carboxylic acids is 1. The average Bonchev–Trinajstić information content (AvgIpc) is 2.76. The predicted molar refractivity (Wildman–Crippen MR) is 131 cm³/mol. The van der Waals surface area contributed by atoms with Crippen molar-refractivity contribution in [3.63, 3.8) is 0 Å². The fourth-order valence-electron chi connectivity index (χ4n) is 3.33. The Morgan fingerprint density at radius 1 is 0.969 bits per heavy atom. The molecule has 0 bridgehead atoms. The lowest BCUT2D eigenvalue weighted by Gasteiger charge is -2.25. The fourth-order valence-corrected chi connectivity index (χ4v) is 5.05. The van der Waals surface area contributed by atoms with Crippen LogP contribution >= 0.6 is 23.2 Å². The van der Waals surface area contributed by atoms with Gasteiger partial charge in [-0.25, -0.2) is 8.42 Å². The summed E-state index contributed by atoms with van der Waals surface area (Å²) in [6, 6.07) is 18.2. The van der Waals surface area contributed by atoms with Gasteiger partial charge in [0.2, 0.25) is 5.91 Å². The molecule has 0 aliphatic carbocycles. The minimum absolute atomic E-state index is 0.0673. The molecule has 0 aliphatic heterocycles. The first-order valence-electron chi connectivity index (χ1n) is 10.0. The van der Waals surface area contributed by atoms with Crippen molar-refractivity contribution in [2.24, 2.45) is 0 Å². The summed E-state index contributed by atoms with van der Waals surface area (Å²) in [6.07, 6.45) is 0. The first-order valence-corrected chi connectivity index (χ1v) is 12.2. The van der Waals surface area contributed by atoms with Crippen LogP contribution in [0.25, 0.3) is 0 Å². The molecule has 0 heterocycles. The molecule has 0 unspecified atom stereocenters. The summed E-state index contributed by atoms with van der Waals surface area (Å²) >= 11 is 12.2. The Labute approximate surface area is 199 Å². The van der Waals surface area contributed by atoms with Crippen molar-refractivity contribution in [1.29, 1.82) is 0 Å². The molecule has 3 aromatic rings. The van der Waals surface area contributed by atoms with Crippen molar-refractivity contribution in [2.45, 2.75) is 31.6 Å². The van der Waals surface area contributed by atoms with Gasteiger partial charge in [0.25, 0.3) is 10.0 Å². The van der Waals surface area contributed by atoms with Crippen molar-refractivity contribution >= 4 is 50.5 Å². The number of nitrogens with one attached hydrogen (secondary N) is 1. The number of hydrogen-bond donors (Lipinski definition) is 1. The summed E-state index contributed by atoms with van der Waals surface area (Å²) in [5.41, 5.74) is 2.81. The molecule has 0 saturated carbocycles. The monoisotopic (exact) mass is 490 g/mol. The molecule has 0 fully saturated rings. The summed E-state index contributed by atoms with van der Waals surface area (Å²) in [5.74, 6) is -0.281. The molecular formula is C24H24Cl2N2O3S. The minimum atomic E-state index is -4.04. The zero-order valence-electron chi connectivity index (χ0n) is 18.0. The molecule has 3 aromatic carbocycles. The standard InChI is InChI=1S/C24H24Cl2N2O3S/c1-16(2)20-11-7-8-17(3)24(20)27-23(29)15-28(18-12-13-21(25)22(26)14-18)32(30,31)19-9-5-4-6-10-19/h4-14,16H,15H2,1-3H3,(H,27,29). The van der Waals surface area contributed by atoms with Crippen molar-refractivity contribution in [2.75, 3.05) is 16.2 Å². The molecule has 1 N–H and O–H groups in total. The molecule has 32 heavy (non-hydrogen) atoms. The van der Waals surface area contributed by atoms with E-state index in [4.69, 9.17) is 23.2 Å². The van der Waals surface area contributed by atoms with Gasteiger partial charge >= 0.3 is 0 Å². The predicted octanol–water partition coefficient (Wildman–Crippen LogP) is 6.26. The van der Waals surface area contributed by atoms with Crippen molar-refractivity contribution in [3.8, 4) is 0 Å². The van der Waals surface area contributed by atoms with E-state index in [9.17, 15) is 13.2 Å². The number of nitrogens with zero attached hydrogens (tertiary/aromatic N) is 1. The number of halogens is 2. The first kappa shape index (κ1) is 24.1. The van der Waals surface area contributed by atoms with Gasteiger partial charge in [0.15, 0.2) is 0 Å². The van der Waals surface area contributed by atoms with E-state index in [1.807, 2.05) is 39.0 Å². The molecule has 1 amide bonds. The number of benzene rings is 3. The van der Waals surface area contributed by atoms with Gasteiger partial charge in [-0.3, -0.25) is 9.10 Å². The van der Waals surface area contributed by atoms with Crippen LogP contribution < -0.4 is 9.62 Å². The highest BCUT2D eigenvalue weighted by Crippen LogP contribution is 2.31. The van der Waals surface area contributed by atoms with Gasteiger partial charge in [0.1, 0.15) is 6.54 Å². The number of amides is 1. The van der Waals surface area contributed by atoms with E-state index in [1.54, 1.807) is 18.2 Å². The Balaban J connectivity index is 2.00. The Hall–Kier alpha value is -2.54. The molecule has 0 aliphatic rings. The molecule has 5 nitrogen and oxygen atoms in total. The van der Waals surface area contributed by atoms with Crippen LogP contribution in [0.2, 0.25) is 10.0 Å². The minimum Gasteiger partial charge on any atom is -0.324 e. The van der Waals surface area contributed by atoms with E-state index in [0.717, 1.165) is 15.4 Å². The van der Waals surface area contributed by atoms with Crippen LogP contribution in [-0.2, 0) is 14.8 Å². The van der Waals surface area contributed by atoms with Gasteiger partial charge in [-0.15, -0.1) is 0 Å². The van der Waals surface area contributed by atoms with E-state index in [-0.39, 0.29) is 21.5 Å². The topological polar surface area (TPSA) is 66.5 Å². The van der Waals surface area contributed by atoms with Crippen molar-refractivity contribution < 1.29 is 13.2 Å². The second-order valence-electron chi connectivity index (χ2n) is 7.67. The number of aryl methyl sites for hydroxylation is 1. The quantitative estimate of drug-likeness (QED) is 0.424. The van der Waals surface area contributed by atoms with E-state index in [0.29, 0.717) is 10.7 Å². The maximum Gasteiger partial charge on any atom is 0.264 e. The van der Waals surface area contributed by atoms with Crippen LogP contribution in [0.5, 0.6) is 0 Å². The molecular weight excluding hydrogens is 467 g/mol. The number of rotatable bonds is 7. The lowest BCUT2D eigenvalue weighted by atomic mass is 9.98. The van der Waals surface area contributed by atoms with Crippen LogP contribution in [0.1, 0.15) is 30.9 Å². The summed E-state index contributed by atoms with van der Waals surface area (Å²) in [5, 5.41) is 3.39. The Morgan fingerprint density at radius 3 is 2.28 bits per heavy atom. The van der Waals surface area contributed by atoms with Gasteiger partial charge in [-0.05, 0) is 54.3 Å². The molecule has 8 heteroatoms. The van der Waals surface area contributed by atoms with Gasteiger partial charge < -0.3 is 5.32 Å². The molecule has 0 radical (unpaired) electrons. The molecule has 0 spiro atoms. The lowest BCUT2D eigenvalue weighted by molar-refractivity contribution is -0.114. The first-order chi connectivity index (χ1) is 15.1. The lowest BCUT2D eigenvalue weighted by Crippen LogP contribution is -2.38. The SMILES string of the molecule is Cc1cccc(C(C)C)c1NC(=O)CN(c1ccc(Cl)c(Cl)c1)S(=O)(=O)c1ccccc1. The molecule has 0 aromatic heterocycles. The van der Waals surface area contributed by atoms with Crippen LogP contribution in [0, 0.1) is 6.92 Å². The average molecular weight is 491 g/mol. The summed E-state index contributed by atoms with van der Waals surface area (Å²) in [6.45, 7) is 5.54. The third-order valence-corrected chi connectivity index (χ3v) is 7.53. The number of para-hydroxylation sites is 1. The van der Waals surface area contributed by atoms with Crippen molar-refractivity contribution in [3.05, 3.63) is 87.9 Å². The molecule has 168 valence electrons. The highest BCUT2D eigenvalue weighted by atomic mass is 35.5. The zero-order valence-corrected chi connectivity index (χ0v) is 20.3. The van der Waals surface area contributed by atoms with E-state index < -0.39 is 22.5 Å². The van der Waals surface area contributed by atoms with Crippen LogP contribution in [0.3, 0.4) is 0 Å².